The Labute approximate surface area is 232 Å². The minimum atomic E-state index is -0.661. The Balaban J connectivity index is 1.22. The summed E-state index contributed by atoms with van der Waals surface area (Å²) in [7, 11) is 0. The molecule has 0 saturated carbocycles. The molecule has 0 bridgehead atoms. The van der Waals surface area contributed by atoms with E-state index in [4.69, 9.17) is 4.74 Å². The molecule has 41 heavy (non-hydrogen) atoms. The lowest BCUT2D eigenvalue weighted by Gasteiger charge is -2.13. The third-order valence-corrected chi connectivity index (χ3v) is 6.47. The Morgan fingerprint density at radius 2 is 1.66 bits per heavy atom. The molecule has 3 heterocycles. The van der Waals surface area contributed by atoms with Gasteiger partial charge >= 0.3 is 0 Å². The van der Waals surface area contributed by atoms with E-state index < -0.39 is 23.0 Å². The molecule has 7 nitrogen and oxygen atoms in total. The molecular formula is C32H22F2N4O3. The molecule has 0 aliphatic rings. The number of pyridine rings is 2. The van der Waals surface area contributed by atoms with Crippen molar-refractivity contribution >= 4 is 22.7 Å². The van der Waals surface area contributed by atoms with Crippen LogP contribution in [0.4, 0.5) is 20.2 Å². The fraction of sp³-hybridized carbons (Fsp3) is 0.0312. The second-order valence-corrected chi connectivity index (χ2v) is 9.29. The first-order valence-corrected chi connectivity index (χ1v) is 12.7. The molecule has 1 N–H and O–H groups in total. The number of carbonyl (C=O) groups is 1. The maximum absolute atomic E-state index is 15.2. The molecule has 6 aromatic rings. The summed E-state index contributed by atoms with van der Waals surface area (Å²) >= 11 is 0. The van der Waals surface area contributed by atoms with Crippen molar-refractivity contribution in [1.29, 1.82) is 0 Å². The topological polar surface area (TPSA) is 77.6 Å². The number of ether oxygens (including phenoxy) is 1. The monoisotopic (exact) mass is 548 g/mol. The predicted octanol–water partition coefficient (Wildman–Crippen LogP) is 6.72. The third kappa shape index (κ3) is 5.46. The zero-order valence-electron chi connectivity index (χ0n) is 21.5. The van der Waals surface area contributed by atoms with E-state index in [1.165, 1.54) is 53.2 Å². The molecule has 0 spiro atoms. The zero-order chi connectivity index (χ0) is 28.3. The van der Waals surface area contributed by atoms with Crippen LogP contribution in [0.25, 0.3) is 11.2 Å². The summed E-state index contributed by atoms with van der Waals surface area (Å²) in [5.74, 6) is -1.21. The van der Waals surface area contributed by atoms with Gasteiger partial charge in [0.25, 0.3) is 5.56 Å². The van der Waals surface area contributed by atoms with E-state index in [0.29, 0.717) is 28.2 Å². The lowest BCUT2D eigenvalue weighted by molar-refractivity contribution is 0.0991. The van der Waals surface area contributed by atoms with Crippen LogP contribution in [-0.2, 0) is 6.42 Å². The highest BCUT2D eigenvalue weighted by atomic mass is 19.1. The van der Waals surface area contributed by atoms with E-state index in [2.05, 4.69) is 10.4 Å². The number of nitrogens with one attached hydrogen (secondary N) is 1. The van der Waals surface area contributed by atoms with Crippen LogP contribution in [0, 0.1) is 11.6 Å². The van der Waals surface area contributed by atoms with Gasteiger partial charge in [0.2, 0.25) is 0 Å². The molecule has 0 atom stereocenters. The number of para-hydroxylation sites is 1. The van der Waals surface area contributed by atoms with E-state index in [0.717, 1.165) is 5.69 Å². The molecule has 202 valence electrons. The first kappa shape index (κ1) is 25.7. The summed E-state index contributed by atoms with van der Waals surface area (Å²) in [6.45, 7) is 0. The minimum Gasteiger partial charge on any atom is -0.452 e. The molecule has 0 aliphatic carbocycles. The summed E-state index contributed by atoms with van der Waals surface area (Å²) in [4.78, 5) is 26.0. The quantitative estimate of drug-likeness (QED) is 0.214. The number of halogens is 2. The number of Topliss-reactive ketones (excluding diaryl/α,β-unsaturated/α-hetero) is 1. The SMILES string of the molecule is O=C(Cc1ccc(Oc2cc(Nc3ccccc3)cn3nccc23)c(F)c1)c1cccn(-c2ccc(F)cc2)c1=O. The normalized spacial score (nSPS) is 11.0. The summed E-state index contributed by atoms with van der Waals surface area (Å²) in [5, 5.41) is 7.56. The Morgan fingerprint density at radius 3 is 2.44 bits per heavy atom. The van der Waals surface area contributed by atoms with Gasteiger partial charge in [-0.05, 0) is 72.3 Å². The fourth-order valence-corrected chi connectivity index (χ4v) is 4.48. The number of fused-ring (bicyclic) bond motifs is 1. The Bertz CT molecular complexity index is 1930. The molecular weight excluding hydrogens is 526 g/mol. The summed E-state index contributed by atoms with van der Waals surface area (Å²) in [5.41, 5.74) is 2.41. The number of anilines is 2. The van der Waals surface area contributed by atoms with Crippen LogP contribution in [0.5, 0.6) is 11.5 Å². The second-order valence-electron chi connectivity index (χ2n) is 9.29. The molecule has 0 aliphatic heterocycles. The fourth-order valence-electron chi connectivity index (χ4n) is 4.48. The van der Waals surface area contributed by atoms with Gasteiger partial charge < -0.3 is 10.1 Å². The van der Waals surface area contributed by atoms with Gasteiger partial charge in [0.1, 0.15) is 11.3 Å². The highest BCUT2D eigenvalue weighted by Crippen LogP contribution is 2.32. The van der Waals surface area contributed by atoms with Gasteiger partial charge in [-0.25, -0.2) is 13.3 Å². The van der Waals surface area contributed by atoms with E-state index in [-0.39, 0.29) is 17.7 Å². The Hall–Kier alpha value is -5.57. The summed E-state index contributed by atoms with van der Waals surface area (Å²) in [6, 6.07) is 25.7. The van der Waals surface area contributed by atoms with Crippen LogP contribution >= 0.6 is 0 Å². The number of nitrogens with zero attached hydrogens (tertiary/aromatic N) is 3. The molecule has 0 unspecified atom stereocenters. The number of aromatic nitrogens is 3. The lowest BCUT2D eigenvalue weighted by atomic mass is 10.0. The van der Waals surface area contributed by atoms with Gasteiger partial charge in [0.15, 0.2) is 23.1 Å². The van der Waals surface area contributed by atoms with E-state index in [9.17, 15) is 14.0 Å². The van der Waals surface area contributed by atoms with Gasteiger partial charge in [-0.2, -0.15) is 5.10 Å². The van der Waals surface area contributed by atoms with Crippen LogP contribution in [0.2, 0.25) is 0 Å². The molecule has 9 heteroatoms. The predicted molar refractivity (Wildman–Crippen MR) is 151 cm³/mol. The van der Waals surface area contributed by atoms with Crippen molar-refractivity contribution in [2.45, 2.75) is 6.42 Å². The van der Waals surface area contributed by atoms with Crippen LogP contribution in [0.3, 0.4) is 0 Å². The van der Waals surface area contributed by atoms with Crippen LogP contribution in [0.1, 0.15) is 15.9 Å². The first-order chi connectivity index (χ1) is 19.9. The largest absolute Gasteiger partial charge is 0.452 e. The van der Waals surface area contributed by atoms with E-state index in [1.807, 2.05) is 30.3 Å². The average molecular weight is 549 g/mol. The van der Waals surface area contributed by atoms with Crippen molar-refractivity contribution in [1.82, 2.24) is 14.2 Å². The maximum Gasteiger partial charge on any atom is 0.265 e. The van der Waals surface area contributed by atoms with Gasteiger partial charge in [0, 0.05) is 30.1 Å². The number of ketones is 1. The average Bonchev–Trinajstić information content (AvgIpc) is 3.45. The second kappa shape index (κ2) is 10.9. The van der Waals surface area contributed by atoms with E-state index >= 15 is 4.39 Å². The van der Waals surface area contributed by atoms with Crippen molar-refractivity contribution in [3.63, 3.8) is 0 Å². The summed E-state index contributed by atoms with van der Waals surface area (Å²) < 4.78 is 37.3. The molecule has 0 radical (unpaired) electrons. The van der Waals surface area contributed by atoms with Crippen molar-refractivity contribution in [2.75, 3.05) is 5.32 Å². The number of hydrogen-bond acceptors (Lipinski definition) is 5. The number of carbonyl (C=O) groups excluding carboxylic acids is 1. The van der Waals surface area contributed by atoms with Crippen LogP contribution < -0.4 is 15.6 Å². The highest BCUT2D eigenvalue weighted by molar-refractivity contribution is 5.97. The molecule has 6 rings (SSSR count). The van der Waals surface area contributed by atoms with Crippen molar-refractivity contribution < 1.29 is 18.3 Å². The molecule has 3 aromatic carbocycles. The van der Waals surface area contributed by atoms with Crippen LogP contribution in [0.15, 0.2) is 120 Å². The van der Waals surface area contributed by atoms with Crippen molar-refractivity contribution in [3.8, 4) is 17.2 Å². The number of benzene rings is 3. The lowest BCUT2D eigenvalue weighted by Crippen LogP contribution is -2.25. The van der Waals surface area contributed by atoms with Crippen molar-refractivity contribution in [2.24, 2.45) is 0 Å². The van der Waals surface area contributed by atoms with Gasteiger partial charge in [-0.3, -0.25) is 14.2 Å². The van der Waals surface area contributed by atoms with Crippen molar-refractivity contribution in [3.05, 3.63) is 149 Å². The molecule has 0 fully saturated rings. The van der Waals surface area contributed by atoms with Gasteiger partial charge in [-0.1, -0.05) is 24.3 Å². The standard InChI is InChI=1S/C32H22F2N4O3/c33-22-9-11-25(12-10-22)37-16-4-7-26(32(37)40)29(39)18-21-8-13-30(27(34)17-21)41-31-19-24(20-38-28(31)14-15-35-38)36-23-5-2-1-3-6-23/h1-17,19-20,36H,18H2. The Kier molecular flexibility index (Phi) is 6.83. The summed E-state index contributed by atoms with van der Waals surface area (Å²) in [6.07, 6.45) is 4.73. The van der Waals surface area contributed by atoms with Gasteiger partial charge in [0.05, 0.1) is 23.6 Å². The smallest absolute Gasteiger partial charge is 0.265 e. The first-order valence-electron chi connectivity index (χ1n) is 12.7. The highest BCUT2D eigenvalue weighted by Gasteiger charge is 2.16. The molecule has 0 saturated heterocycles. The third-order valence-electron chi connectivity index (χ3n) is 6.47. The van der Waals surface area contributed by atoms with Gasteiger partial charge in [-0.15, -0.1) is 0 Å². The maximum atomic E-state index is 15.2. The molecule has 0 amide bonds. The van der Waals surface area contributed by atoms with Crippen LogP contribution in [-0.4, -0.2) is 20.0 Å². The Morgan fingerprint density at radius 1 is 0.854 bits per heavy atom. The number of rotatable bonds is 8. The minimum absolute atomic E-state index is 0.0282. The number of hydrogen-bond donors (Lipinski definition) is 1. The zero-order valence-corrected chi connectivity index (χ0v) is 21.5. The molecule has 3 aromatic heterocycles. The van der Waals surface area contributed by atoms with E-state index in [1.54, 1.807) is 41.2 Å².